The Morgan fingerprint density at radius 2 is 2.11 bits per heavy atom. The topological polar surface area (TPSA) is 85.6 Å². The number of ether oxygens (including phenoxy) is 1. The van der Waals surface area contributed by atoms with E-state index in [9.17, 15) is 13.2 Å². The predicted molar refractivity (Wildman–Crippen MR) is 64.2 cm³/mol. The van der Waals surface area contributed by atoms with Gasteiger partial charge in [0.2, 0.25) is 0 Å². The molecule has 0 bridgehead atoms. The first-order valence-corrected chi connectivity index (χ1v) is 6.64. The van der Waals surface area contributed by atoms with E-state index in [-0.39, 0.29) is 17.0 Å². The van der Waals surface area contributed by atoms with E-state index in [1.165, 1.54) is 18.3 Å². The van der Waals surface area contributed by atoms with Gasteiger partial charge in [-0.1, -0.05) is 12.1 Å². The van der Waals surface area contributed by atoms with Crippen LogP contribution in [-0.4, -0.2) is 30.2 Å². The summed E-state index contributed by atoms with van der Waals surface area (Å²) in [5.74, 6) is 0. The summed E-state index contributed by atoms with van der Waals surface area (Å²) in [6.45, 7) is 1.82. The monoisotopic (exact) mass is 269 g/mol. The molecule has 0 atom stereocenters. The third kappa shape index (κ3) is 2.09. The fraction of sp³-hybridized carbons (Fsp3) is 0.182. The largest absolute Gasteiger partial charge is 0.449 e. The van der Waals surface area contributed by atoms with Gasteiger partial charge in [0.05, 0.1) is 12.1 Å². The highest BCUT2D eigenvalue weighted by Crippen LogP contribution is 2.24. The average Bonchev–Trinajstić information content (AvgIpc) is 2.71. The van der Waals surface area contributed by atoms with Crippen molar-refractivity contribution in [1.29, 1.82) is 0 Å². The highest BCUT2D eigenvalue weighted by Gasteiger charge is 2.19. The summed E-state index contributed by atoms with van der Waals surface area (Å²) in [6, 6.07) is 5.93. The van der Waals surface area contributed by atoms with Gasteiger partial charge >= 0.3 is 6.09 Å². The number of hydrogen-bond donors (Lipinski definition) is 1. The fourth-order valence-electron chi connectivity index (χ4n) is 1.71. The van der Waals surface area contributed by atoms with Gasteiger partial charge in [-0.25, -0.2) is 4.79 Å². The van der Waals surface area contributed by atoms with Crippen LogP contribution in [-0.2, 0) is 14.9 Å². The van der Waals surface area contributed by atoms with Crippen molar-refractivity contribution in [3.05, 3.63) is 30.5 Å². The molecule has 0 aliphatic rings. The quantitative estimate of drug-likeness (QED) is 0.841. The Morgan fingerprint density at radius 1 is 1.39 bits per heavy atom. The number of benzene rings is 1. The lowest BCUT2D eigenvalue weighted by Crippen LogP contribution is -2.14. The van der Waals surface area contributed by atoms with Crippen LogP contribution < -0.4 is 0 Å². The third-order valence-electron chi connectivity index (χ3n) is 2.42. The Balaban J connectivity index is 2.74. The van der Waals surface area contributed by atoms with E-state index in [0.29, 0.717) is 5.39 Å². The number of aromatic nitrogens is 1. The van der Waals surface area contributed by atoms with E-state index in [1.807, 2.05) is 0 Å². The summed E-state index contributed by atoms with van der Waals surface area (Å²) in [5, 5.41) is 0.526. The van der Waals surface area contributed by atoms with Crippen molar-refractivity contribution in [1.82, 2.24) is 4.57 Å². The SMILES string of the molecule is CCOC(=O)n1ccc2cccc(S(=O)(=O)O)c21. The minimum absolute atomic E-state index is 0.110. The van der Waals surface area contributed by atoms with E-state index in [2.05, 4.69) is 0 Å². The number of nitrogens with zero attached hydrogens (tertiary/aromatic N) is 1. The molecule has 0 radical (unpaired) electrons. The summed E-state index contributed by atoms with van der Waals surface area (Å²) in [6.07, 6.45) is 0.709. The summed E-state index contributed by atoms with van der Waals surface area (Å²) in [7, 11) is -4.40. The smallest absolute Gasteiger partial charge is 0.418 e. The second kappa shape index (κ2) is 4.43. The molecule has 7 heteroatoms. The lowest BCUT2D eigenvalue weighted by atomic mass is 10.2. The Labute approximate surface area is 104 Å². The molecule has 0 aliphatic carbocycles. The first kappa shape index (κ1) is 12.6. The van der Waals surface area contributed by atoms with Gasteiger partial charge in [0.1, 0.15) is 4.90 Å². The van der Waals surface area contributed by atoms with Crippen LogP contribution in [0.3, 0.4) is 0 Å². The van der Waals surface area contributed by atoms with Crippen LogP contribution in [0.2, 0.25) is 0 Å². The average molecular weight is 269 g/mol. The molecule has 0 unspecified atom stereocenters. The number of para-hydroxylation sites is 1. The van der Waals surface area contributed by atoms with Crippen molar-refractivity contribution < 1.29 is 22.5 Å². The Bertz CT molecular complexity index is 701. The summed E-state index contributed by atoms with van der Waals surface area (Å²) < 4.78 is 37.6. The van der Waals surface area contributed by atoms with Crippen molar-refractivity contribution in [3.63, 3.8) is 0 Å². The number of hydrogen-bond acceptors (Lipinski definition) is 4. The molecule has 6 nitrogen and oxygen atoms in total. The molecular formula is C11H11NO5S. The van der Waals surface area contributed by atoms with E-state index >= 15 is 0 Å². The normalized spacial score (nSPS) is 11.7. The van der Waals surface area contributed by atoms with Crippen molar-refractivity contribution in [2.24, 2.45) is 0 Å². The van der Waals surface area contributed by atoms with Crippen molar-refractivity contribution >= 4 is 27.1 Å². The maximum absolute atomic E-state index is 11.7. The van der Waals surface area contributed by atoms with E-state index < -0.39 is 16.2 Å². The van der Waals surface area contributed by atoms with Crippen LogP contribution in [0.4, 0.5) is 4.79 Å². The van der Waals surface area contributed by atoms with E-state index in [0.717, 1.165) is 4.57 Å². The zero-order valence-electron chi connectivity index (χ0n) is 9.53. The zero-order chi connectivity index (χ0) is 13.3. The first-order valence-electron chi connectivity index (χ1n) is 5.20. The van der Waals surface area contributed by atoms with Gasteiger partial charge in [0, 0.05) is 11.6 Å². The van der Waals surface area contributed by atoms with Crippen LogP contribution >= 0.6 is 0 Å². The molecular weight excluding hydrogens is 258 g/mol. The number of carbonyl (C=O) groups is 1. The van der Waals surface area contributed by atoms with Crippen LogP contribution in [0.1, 0.15) is 6.92 Å². The third-order valence-corrected chi connectivity index (χ3v) is 3.30. The van der Waals surface area contributed by atoms with Crippen LogP contribution in [0.5, 0.6) is 0 Å². The van der Waals surface area contributed by atoms with Gasteiger partial charge in [0.25, 0.3) is 10.1 Å². The minimum Gasteiger partial charge on any atom is -0.449 e. The molecule has 1 N–H and O–H groups in total. The van der Waals surface area contributed by atoms with Gasteiger partial charge in [-0.05, 0) is 19.1 Å². The van der Waals surface area contributed by atoms with Crippen molar-refractivity contribution in [3.8, 4) is 0 Å². The molecule has 96 valence electrons. The van der Waals surface area contributed by atoms with Crippen molar-refractivity contribution in [2.75, 3.05) is 6.61 Å². The van der Waals surface area contributed by atoms with Crippen LogP contribution in [0.15, 0.2) is 35.4 Å². The van der Waals surface area contributed by atoms with Crippen molar-refractivity contribution in [2.45, 2.75) is 11.8 Å². The summed E-state index contributed by atoms with van der Waals surface area (Å²) in [5.41, 5.74) is 0.110. The molecule has 0 amide bonds. The summed E-state index contributed by atoms with van der Waals surface area (Å²) >= 11 is 0. The molecule has 0 saturated carbocycles. The molecule has 0 aliphatic heterocycles. The second-order valence-corrected chi connectivity index (χ2v) is 4.94. The van der Waals surface area contributed by atoms with Gasteiger partial charge in [0.15, 0.2) is 0 Å². The standard InChI is InChI=1S/C11H11NO5S/c1-2-17-11(13)12-7-6-8-4-3-5-9(10(8)12)18(14,15)16/h3-7H,2H2,1H3,(H,14,15,16). The molecule has 2 aromatic rings. The summed E-state index contributed by atoms with van der Waals surface area (Å²) in [4.78, 5) is 11.3. The highest BCUT2D eigenvalue weighted by molar-refractivity contribution is 7.86. The molecule has 18 heavy (non-hydrogen) atoms. The predicted octanol–water partition coefficient (Wildman–Crippen LogP) is 1.89. The number of fused-ring (bicyclic) bond motifs is 1. The molecule has 0 spiro atoms. The Hall–Kier alpha value is -1.86. The van der Waals surface area contributed by atoms with Crippen LogP contribution in [0, 0.1) is 0 Å². The first-order chi connectivity index (χ1) is 8.45. The van der Waals surface area contributed by atoms with E-state index in [1.54, 1.807) is 19.1 Å². The lowest BCUT2D eigenvalue weighted by Gasteiger charge is -2.06. The van der Waals surface area contributed by atoms with Gasteiger partial charge in [-0.15, -0.1) is 0 Å². The number of carbonyl (C=O) groups excluding carboxylic acids is 1. The van der Waals surface area contributed by atoms with Gasteiger partial charge < -0.3 is 4.74 Å². The fourth-order valence-corrected chi connectivity index (χ4v) is 2.43. The van der Waals surface area contributed by atoms with E-state index in [4.69, 9.17) is 9.29 Å². The Morgan fingerprint density at radius 3 is 2.72 bits per heavy atom. The van der Waals surface area contributed by atoms with Gasteiger partial charge in [-0.3, -0.25) is 9.12 Å². The minimum atomic E-state index is -4.40. The maximum atomic E-state index is 11.7. The van der Waals surface area contributed by atoms with Crippen LogP contribution in [0.25, 0.3) is 10.9 Å². The zero-order valence-corrected chi connectivity index (χ0v) is 10.3. The molecule has 1 aromatic heterocycles. The second-order valence-electron chi connectivity index (χ2n) is 3.55. The Kier molecular flexibility index (Phi) is 3.10. The number of rotatable bonds is 2. The molecule has 1 aromatic carbocycles. The highest BCUT2D eigenvalue weighted by atomic mass is 32.2. The maximum Gasteiger partial charge on any atom is 0.418 e. The lowest BCUT2D eigenvalue weighted by molar-refractivity contribution is 0.155. The molecule has 2 rings (SSSR count). The molecule has 1 heterocycles. The molecule has 0 fully saturated rings. The molecule has 0 saturated heterocycles. The van der Waals surface area contributed by atoms with Gasteiger partial charge in [-0.2, -0.15) is 8.42 Å².